The van der Waals surface area contributed by atoms with E-state index in [2.05, 4.69) is 15.6 Å². The van der Waals surface area contributed by atoms with Gasteiger partial charge in [-0.05, 0) is 5.56 Å². The van der Waals surface area contributed by atoms with Crippen LogP contribution in [0.1, 0.15) is 17.7 Å². The zero-order chi connectivity index (χ0) is 18.9. The van der Waals surface area contributed by atoms with Crippen molar-refractivity contribution in [3.63, 3.8) is 0 Å². The van der Waals surface area contributed by atoms with Gasteiger partial charge in [0.2, 0.25) is 11.8 Å². The van der Waals surface area contributed by atoms with E-state index < -0.39 is 0 Å². The SMILES string of the molecule is O=C(CCNC(=O)Cc1csc(-c2ccccc2)n1)NCc1ccccc1. The first-order valence-corrected chi connectivity index (χ1v) is 9.66. The lowest BCUT2D eigenvalue weighted by Crippen LogP contribution is -2.31. The van der Waals surface area contributed by atoms with E-state index in [1.807, 2.05) is 66.0 Å². The van der Waals surface area contributed by atoms with E-state index in [1.165, 1.54) is 11.3 Å². The summed E-state index contributed by atoms with van der Waals surface area (Å²) in [5.74, 6) is -0.213. The van der Waals surface area contributed by atoms with Gasteiger partial charge in [0.1, 0.15) is 5.01 Å². The fourth-order valence-electron chi connectivity index (χ4n) is 2.53. The van der Waals surface area contributed by atoms with Gasteiger partial charge in [-0.25, -0.2) is 4.98 Å². The Morgan fingerprint density at radius 3 is 2.33 bits per heavy atom. The van der Waals surface area contributed by atoms with Crippen molar-refractivity contribution >= 4 is 23.2 Å². The van der Waals surface area contributed by atoms with Gasteiger partial charge in [-0.15, -0.1) is 11.3 Å². The first-order valence-electron chi connectivity index (χ1n) is 8.78. The summed E-state index contributed by atoms with van der Waals surface area (Å²) in [5, 5.41) is 8.42. The van der Waals surface area contributed by atoms with Gasteiger partial charge in [0, 0.05) is 30.5 Å². The number of thiazole rings is 1. The van der Waals surface area contributed by atoms with Crippen LogP contribution in [0.5, 0.6) is 0 Å². The molecule has 0 radical (unpaired) electrons. The average Bonchev–Trinajstić information content (AvgIpc) is 3.16. The van der Waals surface area contributed by atoms with Crippen molar-refractivity contribution in [2.24, 2.45) is 0 Å². The molecule has 27 heavy (non-hydrogen) atoms. The predicted octanol–water partition coefficient (Wildman–Crippen LogP) is 3.18. The molecule has 5 nitrogen and oxygen atoms in total. The summed E-state index contributed by atoms with van der Waals surface area (Å²) in [4.78, 5) is 28.4. The number of amides is 2. The van der Waals surface area contributed by atoms with Crippen LogP contribution in [-0.4, -0.2) is 23.3 Å². The summed E-state index contributed by atoms with van der Waals surface area (Å²) < 4.78 is 0. The molecule has 0 aliphatic heterocycles. The Morgan fingerprint density at radius 2 is 1.59 bits per heavy atom. The van der Waals surface area contributed by atoms with Crippen LogP contribution in [0.2, 0.25) is 0 Å². The van der Waals surface area contributed by atoms with Gasteiger partial charge >= 0.3 is 0 Å². The molecule has 0 unspecified atom stereocenters. The number of aromatic nitrogens is 1. The second-order valence-electron chi connectivity index (χ2n) is 6.05. The van der Waals surface area contributed by atoms with E-state index in [0.717, 1.165) is 21.8 Å². The number of nitrogens with one attached hydrogen (secondary N) is 2. The number of nitrogens with zero attached hydrogens (tertiary/aromatic N) is 1. The van der Waals surface area contributed by atoms with Crippen LogP contribution in [0.15, 0.2) is 66.0 Å². The molecular weight excluding hydrogens is 358 g/mol. The predicted molar refractivity (Wildman–Crippen MR) is 107 cm³/mol. The van der Waals surface area contributed by atoms with Crippen LogP contribution in [0.25, 0.3) is 10.6 Å². The molecule has 0 aliphatic carbocycles. The van der Waals surface area contributed by atoms with Crippen LogP contribution in [-0.2, 0) is 22.6 Å². The van der Waals surface area contributed by atoms with E-state index >= 15 is 0 Å². The van der Waals surface area contributed by atoms with Crippen LogP contribution >= 0.6 is 11.3 Å². The second-order valence-corrected chi connectivity index (χ2v) is 6.91. The van der Waals surface area contributed by atoms with E-state index in [4.69, 9.17) is 0 Å². The third kappa shape index (κ3) is 6.04. The molecule has 0 spiro atoms. The summed E-state index contributed by atoms with van der Waals surface area (Å²) in [5.41, 5.74) is 2.83. The monoisotopic (exact) mass is 379 g/mol. The van der Waals surface area contributed by atoms with Gasteiger partial charge in [-0.1, -0.05) is 60.7 Å². The van der Waals surface area contributed by atoms with Crippen LogP contribution in [0.4, 0.5) is 0 Å². The van der Waals surface area contributed by atoms with E-state index in [0.29, 0.717) is 13.1 Å². The molecule has 3 rings (SSSR count). The largest absolute Gasteiger partial charge is 0.355 e. The first kappa shape index (κ1) is 18.8. The minimum Gasteiger partial charge on any atom is -0.355 e. The fraction of sp³-hybridized carbons (Fsp3) is 0.190. The van der Waals surface area contributed by atoms with Gasteiger partial charge in [-0.2, -0.15) is 0 Å². The quantitative estimate of drug-likeness (QED) is 0.631. The molecule has 1 aromatic heterocycles. The molecule has 138 valence electrons. The van der Waals surface area contributed by atoms with E-state index in [1.54, 1.807) is 0 Å². The third-order valence-electron chi connectivity index (χ3n) is 3.92. The van der Waals surface area contributed by atoms with Gasteiger partial charge in [0.05, 0.1) is 12.1 Å². The zero-order valence-corrected chi connectivity index (χ0v) is 15.7. The van der Waals surface area contributed by atoms with Crippen molar-refractivity contribution in [3.8, 4) is 10.6 Å². The van der Waals surface area contributed by atoms with Crippen molar-refractivity contribution < 1.29 is 9.59 Å². The third-order valence-corrected chi connectivity index (χ3v) is 4.86. The van der Waals surface area contributed by atoms with Crippen LogP contribution in [0, 0.1) is 0 Å². The molecule has 2 N–H and O–H groups in total. The van der Waals surface area contributed by atoms with E-state index in [9.17, 15) is 9.59 Å². The summed E-state index contributed by atoms with van der Waals surface area (Å²) in [6.07, 6.45) is 0.472. The maximum atomic E-state index is 12.0. The minimum atomic E-state index is -0.129. The molecule has 0 saturated heterocycles. The average molecular weight is 379 g/mol. The Bertz CT molecular complexity index is 879. The zero-order valence-electron chi connectivity index (χ0n) is 14.9. The first-order chi connectivity index (χ1) is 13.2. The van der Waals surface area contributed by atoms with E-state index in [-0.39, 0.29) is 24.7 Å². The van der Waals surface area contributed by atoms with Crippen molar-refractivity contribution in [2.75, 3.05) is 6.54 Å². The molecule has 0 saturated carbocycles. The minimum absolute atomic E-state index is 0.0841. The number of benzene rings is 2. The summed E-state index contributed by atoms with van der Waals surface area (Å²) in [6, 6.07) is 19.6. The lowest BCUT2D eigenvalue weighted by Gasteiger charge is -2.06. The van der Waals surface area contributed by atoms with Gasteiger partial charge in [0.25, 0.3) is 0 Å². The molecular formula is C21H21N3O2S. The van der Waals surface area contributed by atoms with Gasteiger partial charge < -0.3 is 10.6 Å². The van der Waals surface area contributed by atoms with Gasteiger partial charge in [-0.3, -0.25) is 9.59 Å². The Labute approximate surface area is 162 Å². The molecule has 3 aromatic rings. The number of carbonyl (C=O) groups excluding carboxylic acids is 2. The standard InChI is InChI=1S/C21H21N3O2S/c25-19(23-14-16-7-3-1-4-8-16)11-12-22-20(26)13-18-15-27-21(24-18)17-9-5-2-6-10-17/h1-10,15H,11-14H2,(H,22,26)(H,23,25). The van der Waals surface area contributed by atoms with Crippen LogP contribution in [0.3, 0.4) is 0 Å². The van der Waals surface area contributed by atoms with Crippen molar-refractivity contribution in [2.45, 2.75) is 19.4 Å². The lowest BCUT2D eigenvalue weighted by atomic mass is 10.2. The number of hydrogen-bond acceptors (Lipinski definition) is 4. The fourth-order valence-corrected chi connectivity index (χ4v) is 3.35. The second kappa shape index (κ2) is 9.64. The normalized spacial score (nSPS) is 10.4. The lowest BCUT2D eigenvalue weighted by molar-refractivity contribution is -0.122. The maximum absolute atomic E-state index is 12.0. The van der Waals surface area contributed by atoms with Crippen molar-refractivity contribution in [3.05, 3.63) is 77.3 Å². The number of hydrogen-bond donors (Lipinski definition) is 2. The summed E-state index contributed by atoms with van der Waals surface area (Å²) in [7, 11) is 0. The molecule has 0 fully saturated rings. The Balaban J connectivity index is 1.37. The highest BCUT2D eigenvalue weighted by molar-refractivity contribution is 7.13. The number of carbonyl (C=O) groups is 2. The summed E-state index contributed by atoms with van der Waals surface area (Å²) in [6.45, 7) is 0.809. The van der Waals surface area contributed by atoms with Gasteiger partial charge in [0.15, 0.2) is 0 Å². The molecule has 1 heterocycles. The maximum Gasteiger partial charge on any atom is 0.226 e. The van der Waals surface area contributed by atoms with Crippen molar-refractivity contribution in [1.82, 2.24) is 15.6 Å². The highest BCUT2D eigenvalue weighted by Crippen LogP contribution is 2.23. The van der Waals surface area contributed by atoms with Crippen molar-refractivity contribution in [1.29, 1.82) is 0 Å². The molecule has 0 atom stereocenters. The molecule has 2 amide bonds. The topological polar surface area (TPSA) is 71.1 Å². The highest BCUT2D eigenvalue weighted by Gasteiger charge is 2.09. The Hall–Kier alpha value is -2.99. The molecule has 6 heteroatoms. The smallest absolute Gasteiger partial charge is 0.226 e. The van der Waals surface area contributed by atoms with Crippen LogP contribution < -0.4 is 10.6 Å². The highest BCUT2D eigenvalue weighted by atomic mass is 32.1. The summed E-state index contributed by atoms with van der Waals surface area (Å²) >= 11 is 1.52. The molecule has 0 bridgehead atoms. The molecule has 2 aromatic carbocycles. The number of rotatable bonds is 8. The molecule has 0 aliphatic rings. The Kier molecular flexibility index (Phi) is 6.71. The Morgan fingerprint density at radius 1 is 0.889 bits per heavy atom.